The number of likely N-dealkylation sites (tertiary alicyclic amines) is 1. The smallest absolute Gasteiger partial charge is 0.410 e. The molecule has 0 aromatic carbocycles. The maximum atomic E-state index is 12.6. The molecule has 1 aliphatic rings. The third-order valence-corrected chi connectivity index (χ3v) is 5.34. The average molecular weight is 403 g/mol. The van der Waals surface area contributed by atoms with Gasteiger partial charge in [-0.3, -0.25) is 4.21 Å². The van der Waals surface area contributed by atoms with Crippen LogP contribution in [-0.2, 0) is 15.5 Å². The number of halogens is 1. The van der Waals surface area contributed by atoms with Gasteiger partial charge in [-0.1, -0.05) is 6.07 Å². The molecule has 5 nitrogen and oxygen atoms in total. The lowest BCUT2D eigenvalue weighted by Crippen LogP contribution is -2.48. The molecule has 2 atom stereocenters. The van der Waals surface area contributed by atoms with Crippen LogP contribution in [0.15, 0.2) is 27.8 Å². The molecule has 1 saturated heterocycles. The summed E-state index contributed by atoms with van der Waals surface area (Å²) in [4.78, 5) is 18.4. The van der Waals surface area contributed by atoms with Gasteiger partial charge in [0.2, 0.25) is 0 Å². The number of piperidine rings is 1. The normalized spacial score (nSPS) is 20.2. The monoisotopic (exact) mass is 402 g/mol. The molecular weight excluding hydrogens is 380 g/mol. The highest BCUT2D eigenvalue weighted by Crippen LogP contribution is 2.22. The molecule has 1 amide bonds. The number of rotatable bonds is 3. The molecule has 1 aliphatic heterocycles. The number of carbonyl (C=O) groups excluding carboxylic acids is 1. The second-order valence-electron chi connectivity index (χ2n) is 6.63. The van der Waals surface area contributed by atoms with Crippen molar-refractivity contribution in [2.45, 2.75) is 56.7 Å². The molecule has 0 unspecified atom stereocenters. The van der Waals surface area contributed by atoms with Crippen LogP contribution in [0.4, 0.5) is 4.79 Å². The van der Waals surface area contributed by atoms with Gasteiger partial charge in [-0.2, -0.15) is 0 Å². The lowest BCUT2D eigenvalue weighted by Gasteiger charge is -2.36. The van der Waals surface area contributed by atoms with Crippen LogP contribution in [0.1, 0.15) is 40.0 Å². The topological polar surface area (TPSA) is 59.5 Å². The van der Waals surface area contributed by atoms with E-state index in [-0.39, 0.29) is 12.1 Å². The van der Waals surface area contributed by atoms with Gasteiger partial charge in [0.1, 0.15) is 15.2 Å². The summed E-state index contributed by atoms with van der Waals surface area (Å²) in [5.41, 5.74) is -0.524. The summed E-state index contributed by atoms with van der Waals surface area (Å²) >= 11 is 3.29. The molecule has 0 bridgehead atoms. The van der Waals surface area contributed by atoms with E-state index in [0.717, 1.165) is 19.3 Å². The van der Waals surface area contributed by atoms with Crippen LogP contribution in [-0.4, -0.2) is 44.1 Å². The molecule has 0 radical (unpaired) electrons. The predicted molar refractivity (Wildman–Crippen MR) is 93.8 cm³/mol. The Morgan fingerprint density at radius 2 is 2.17 bits per heavy atom. The van der Waals surface area contributed by atoms with Crippen LogP contribution in [0.3, 0.4) is 0 Å². The fraction of sp³-hybridized carbons (Fsp3) is 0.625. The second-order valence-corrected chi connectivity index (χ2v) is 8.89. The van der Waals surface area contributed by atoms with Crippen molar-refractivity contribution >= 4 is 32.8 Å². The number of carbonyl (C=O) groups is 1. The van der Waals surface area contributed by atoms with E-state index in [9.17, 15) is 9.00 Å². The molecule has 1 aromatic heterocycles. The first-order valence-corrected chi connectivity index (χ1v) is 9.88. The Morgan fingerprint density at radius 1 is 1.43 bits per heavy atom. The minimum Gasteiger partial charge on any atom is -0.444 e. The highest BCUT2D eigenvalue weighted by Gasteiger charge is 2.31. The van der Waals surface area contributed by atoms with E-state index in [2.05, 4.69) is 20.9 Å². The van der Waals surface area contributed by atoms with Crippen LogP contribution >= 0.6 is 15.9 Å². The van der Waals surface area contributed by atoms with Crippen molar-refractivity contribution in [2.24, 2.45) is 0 Å². The molecule has 1 aromatic rings. The number of pyridine rings is 1. The molecule has 1 fully saturated rings. The minimum atomic E-state index is -1.24. The summed E-state index contributed by atoms with van der Waals surface area (Å²) in [6.45, 7) is 6.22. The minimum absolute atomic E-state index is 0.0692. The standard InChI is InChI=1S/C16H23BrN2O3S/c1-16(2,3)22-15(20)19-10-5-4-7-12(19)11-23(21)14-9-6-8-13(17)18-14/h6,8-9,12H,4-5,7,10-11H2,1-3H3/t12-,23-/m1/s1. The lowest BCUT2D eigenvalue weighted by atomic mass is 10.0. The third-order valence-electron chi connectivity index (χ3n) is 3.52. The van der Waals surface area contributed by atoms with Gasteiger partial charge in [-0.05, 0) is 68.1 Å². The van der Waals surface area contributed by atoms with Crippen LogP contribution in [0, 0.1) is 0 Å². The molecule has 128 valence electrons. The van der Waals surface area contributed by atoms with Crippen molar-refractivity contribution in [1.29, 1.82) is 0 Å². The van der Waals surface area contributed by atoms with Crippen molar-refractivity contribution < 1.29 is 13.7 Å². The molecule has 23 heavy (non-hydrogen) atoms. The molecule has 2 rings (SSSR count). The van der Waals surface area contributed by atoms with E-state index in [1.165, 1.54) is 0 Å². The molecular formula is C16H23BrN2O3S. The van der Waals surface area contributed by atoms with E-state index in [4.69, 9.17) is 4.74 Å². The number of hydrogen-bond donors (Lipinski definition) is 0. The molecule has 2 heterocycles. The number of amides is 1. The van der Waals surface area contributed by atoms with Crippen molar-refractivity contribution in [2.75, 3.05) is 12.3 Å². The summed E-state index contributed by atoms with van der Waals surface area (Å²) < 4.78 is 18.7. The van der Waals surface area contributed by atoms with Crippen LogP contribution < -0.4 is 0 Å². The Balaban J connectivity index is 2.06. The summed E-state index contributed by atoms with van der Waals surface area (Å²) in [5, 5.41) is 0.536. The van der Waals surface area contributed by atoms with Crippen molar-refractivity contribution in [3.8, 4) is 0 Å². The highest BCUT2D eigenvalue weighted by atomic mass is 79.9. The van der Waals surface area contributed by atoms with Gasteiger partial charge >= 0.3 is 6.09 Å². The van der Waals surface area contributed by atoms with Gasteiger partial charge < -0.3 is 9.64 Å². The maximum absolute atomic E-state index is 12.6. The SMILES string of the molecule is CC(C)(C)OC(=O)N1CCCC[C@@H]1C[S@@](=O)c1cccc(Br)n1. The summed E-state index contributed by atoms with van der Waals surface area (Å²) in [7, 11) is -1.24. The van der Waals surface area contributed by atoms with Crippen LogP contribution in [0.5, 0.6) is 0 Å². The maximum Gasteiger partial charge on any atom is 0.410 e. The molecule has 0 spiro atoms. The average Bonchev–Trinajstić information content (AvgIpc) is 2.46. The van der Waals surface area contributed by atoms with E-state index < -0.39 is 16.4 Å². The lowest BCUT2D eigenvalue weighted by molar-refractivity contribution is 0.0125. The largest absolute Gasteiger partial charge is 0.444 e. The zero-order chi connectivity index (χ0) is 17.0. The third kappa shape index (κ3) is 5.57. The Bertz CT molecular complexity index is 589. The van der Waals surface area contributed by atoms with E-state index in [0.29, 0.717) is 21.9 Å². The Kier molecular flexibility index (Phi) is 6.19. The van der Waals surface area contributed by atoms with Crippen molar-refractivity contribution in [1.82, 2.24) is 9.88 Å². The Hall–Kier alpha value is -0.950. The van der Waals surface area contributed by atoms with Crippen molar-refractivity contribution in [3.05, 3.63) is 22.8 Å². The van der Waals surface area contributed by atoms with Gasteiger partial charge in [-0.25, -0.2) is 9.78 Å². The molecule has 0 aliphatic carbocycles. The zero-order valence-electron chi connectivity index (χ0n) is 13.8. The van der Waals surface area contributed by atoms with Crippen LogP contribution in [0.25, 0.3) is 0 Å². The van der Waals surface area contributed by atoms with Gasteiger partial charge in [0.05, 0.1) is 16.6 Å². The predicted octanol–water partition coefficient (Wildman–Crippen LogP) is 3.74. The summed E-state index contributed by atoms with van der Waals surface area (Å²) in [6.07, 6.45) is 2.52. The number of aromatic nitrogens is 1. The number of hydrogen-bond acceptors (Lipinski definition) is 4. The van der Waals surface area contributed by atoms with Crippen LogP contribution in [0.2, 0.25) is 0 Å². The molecule has 7 heteroatoms. The summed E-state index contributed by atoms with van der Waals surface area (Å²) in [6, 6.07) is 5.30. The van der Waals surface area contributed by atoms with Gasteiger partial charge in [-0.15, -0.1) is 0 Å². The van der Waals surface area contributed by atoms with Crippen molar-refractivity contribution in [3.63, 3.8) is 0 Å². The Labute approximate surface area is 148 Å². The van der Waals surface area contributed by atoms with Gasteiger partial charge in [0.25, 0.3) is 0 Å². The number of nitrogens with zero attached hydrogens (tertiary/aromatic N) is 2. The number of ether oxygens (including phenoxy) is 1. The second kappa shape index (κ2) is 7.75. The molecule has 0 saturated carbocycles. The fourth-order valence-electron chi connectivity index (χ4n) is 2.51. The first kappa shape index (κ1) is 18.4. The van der Waals surface area contributed by atoms with E-state index >= 15 is 0 Å². The summed E-state index contributed by atoms with van der Waals surface area (Å²) in [5.74, 6) is 0.392. The first-order chi connectivity index (χ1) is 10.8. The fourth-order valence-corrected chi connectivity index (χ4v) is 4.27. The Morgan fingerprint density at radius 3 is 2.83 bits per heavy atom. The quantitative estimate of drug-likeness (QED) is 0.722. The van der Waals surface area contributed by atoms with Gasteiger partial charge in [0.15, 0.2) is 0 Å². The van der Waals surface area contributed by atoms with E-state index in [1.54, 1.807) is 17.0 Å². The zero-order valence-corrected chi connectivity index (χ0v) is 16.2. The molecule has 0 N–H and O–H groups in total. The highest BCUT2D eigenvalue weighted by molar-refractivity contribution is 9.10. The van der Waals surface area contributed by atoms with E-state index in [1.807, 2.05) is 26.8 Å². The first-order valence-electron chi connectivity index (χ1n) is 7.77. The van der Waals surface area contributed by atoms with Gasteiger partial charge in [0, 0.05) is 12.6 Å².